The van der Waals surface area contributed by atoms with E-state index >= 15 is 0 Å². The standard InChI is InChI=1S/C26H21N7O2S/c1-2-35-19-11-9-18(10-12-19)33-25(17-6-5-13-28-15-17)31-32-26(33)36-16-23(34)20(14-27)24-29-21-7-3-4-8-22(21)30-24/h3-13,15,34H,2,16H2,1H3,(H,29,30). The van der Waals surface area contributed by atoms with E-state index in [-0.39, 0.29) is 17.1 Å². The molecule has 0 fully saturated rings. The van der Waals surface area contributed by atoms with Crippen molar-refractivity contribution in [1.29, 1.82) is 5.26 Å². The van der Waals surface area contributed by atoms with Gasteiger partial charge in [0.1, 0.15) is 23.2 Å². The number of aromatic amines is 1. The van der Waals surface area contributed by atoms with Crippen LogP contribution in [-0.2, 0) is 0 Å². The van der Waals surface area contributed by atoms with E-state index in [9.17, 15) is 10.4 Å². The summed E-state index contributed by atoms with van der Waals surface area (Å²) in [6.45, 7) is 2.51. The molecule has 3 heterocycles. The summed E-state index contributed by atoms with van der Waals surface area (Å²) in [4.78, 5) is 11.7. The molecular weight excluding hydrogens is 474 g/mol. The smallest absolute Gasteiger partial charge is 0.196 e. The Bertz CT molecular complexity index is 1530. The van der Waals surface area contributed by atoms with Crippen LogP contribution in [0.2, 0.25) is 0 Å². The fourth-order valence-electron chi connectivity index (χ4n) is 3.67. The number of rotatable bonds is 8. The van der Waals surface area contributed by atoms with Crippen LogP contribution >= 0.6 is 11.8 Å². The molecule has 5 aromatic rings. The van der Waals surface area contributed by atoms with Crippen LogP contribution < -0.4 is 4.74 Å². The number of aliphatic hydroxyl groups is 1. The molecule has 0 amide bonds. The fourth-order valence-corrected chi connectivity index (χ4v) is 4.50. The maximum atomic E-state index is 10.8. The van der Waals surface area contributed by atoms with E-state index in [2.05, 4.69) is 31.2 Å². The minimum atomic E-state index is -0.106. The minimum Gasteiger partial charge on any atom is -0.510 e. The molecule has 0 aliphatic carbocycles. The van der Waals surface area contributed by atoms with E-state index in [0.717, 1.165) is 28.0 Å². The maximum absolute atomic E-state index is 10.8. The number of benzene rings is 2. The van der Waals surface area contributed by atoms with Crippen LogP contribution in [-0.4, -0.2) is 47.2 Å². The summed E-state index contributed by atoms with van der Waals surface area (Å²) in [5.74, 6) is 1.68. The zero-order valence-electron chi connectivity index (χ0n) is 19.3. The highest BCUT2D eigenvalue weighted by Gasteiger charge is 2.19. The molecule has 3 aromatic heterocycles. The second-order valence-electron chi connectivity index (χ2n) is 7.63. The van der Waals surface area contributed by atoms with E-state index in [1.807, 2.05) is 72.2 Å². The fraction of sp³-hybridized carbons (Fsp3) is 0.115. The zero-order valence-corrected chi connectivity index (χ0v) is 20.1. The third-order valence-electron chi connectivity index (χ3n) is 5.32. The summed E-state index contributed by atoms with van der Waals surface area (Å²) < 4.78 is 7.46. The van der Waals surface area contributed by atoms with E-state index in [1.165, 1.54) is 11.8 Å². The average Bonchev–Trinajstić information content (AvgIpc) is 3.53. The number of H-pyrrole nitrogens is 1. The van der Waals surface area contributed by atoms with Gasteiger partial charge in [-0.15, -0.1) is 10.2 Å². The van der Waals surface area contributed by atoms with Gasteiger partial charge in [-0.25, -0.2) is 4.98 Å². The zero-order chi connectivity index (χ0) is 24.9. The summed E-state index contributed by atoms with van der Waals surface area (Å²) in [6, 6.07) is 20.9. The van der Waals surface area contributed by atoms with Crippen molar-refractivity contribution >= 4 is 28.4 Å². The number of hydrogen-bond donors (Lipinski definition) is 2. The molecule has 0 atom stereocenters. The van der Waals surface area contributed by atoms with Crippen molar-refractivity contribution in [1.82, 2.24) is 29.7 Å². The Morgan fingerprint density at radius 1 is 1.11 bits per heavy atom. The van der Waals surface area contributed by atoms with Crippen LogP contribution in [0.4, 0.5) is 0 Å². The van der Waals surface area contributed by atoms with Crippen molar-refractivity contribution in [3.8, 4) is 28.9 Å². The first kappa shape index (κ1) is 23.1. The number of para-hydroxylation sites is 2. The lowest BCUT2D eigenvalue weighted by Crippen LogP contribution is -2.02. The molecule has 0 aliphatic heterocycles. The van der Waals surface area contributed by atoms with E-state index in [1.54, 1.807) is 12.4 Å². The Hall–Kier alpha value is -4.62. The molecule has 0 saturated heterocycles. The van der Waals surface area contributed by atoms with Crippen LogP contribution in [0.25, 0.3) is 33.7 Å². The molecule has 5 rings (SSSR count). The van der Waals surface area contributed by atoms with Crippen LogP contribution in [0.3, 0.4) is 0 Å². The normalized spacial score (nSPS) is 11.8. The SMILES string of the molecule is CCOc1ccc(-n2c(SCC(O)=C(C#N)c3nc4ccccc4[nH]3)nnc2-c2cccnc2)cc1. The van der Waals surface area contributed by atoms with Crippen molar-refractivity contribution in [3.63, 3.8) is 0 Å². The van der Waals surface area contributed by atoms with Crippen molar-refractivity contribution < 1.29 is 9.84 Å². The van der Waals surface area contributed by atoms with Gasteiger partial charge < -0.3 is 14.8 Å². The quantitative estimate of drug-likeness (QED) is 0.171. The van der Waals surface area contributed by atoms with Gasteiger partial charge in [0.05, 0.1) is 23.4 Å². The van der Waals surface area contributed by atoms with Gasteiger partial charge in [-0.2, -0.15) is 5.26 Å². The molecule has 0 saturated carbocycles. The second-order valence-corrected chi connectivity index (χ2v) is 8.58. The number of ether oxygens (including phenoxy) is 1. The third-order valence-corrected chi connectivity index (χ3v) is 6.26. The van der Waals surface area contributed by atoms with Gasteiger partial charge >= 0.3 is 0 Å². The van der Waals surface area contributed by atoms with Gasteiger partial charge in [-0.3, -0.25) is 9.55 Å². The number of imidazole rings is 1. The third kappa shape index (κ3) is 4.64. The monoisotopic (exact) mass is 495 g/mol. The predicted octanol–water partition coefficient (Wildman–Crippen LogP) is 5.19. The lowest BCUT2D eigenvalue weighted by Gasteiger charge is -2.11. The largest absolute Gasteiger partial charge is 0.510 e. The van der Waals surface area contributed by atoms with Crippen molar-refractivity contribution in [2.45, 2.75) is 12.1 Å². The number of hydrogen-bond acceptors (Lipinski definition) is 8. The predicted molar refractivity (Wildman–Crippen MR) is 138 cm³/mol. The molecule has 0 spiro atoms. The number of allylic oxidation sites excluding steroid dienone is 1. The van der Waals surface area contributed by atoms with Crippen molar-refractivity contribution in [3.05, 3.63) is 84.6 Å². The van der Waals surface area contributed by atoms with E-state index < -0.39 is 0 Å². The highest BCUT2D eigenvalue weighted by atomic mass is 32.2. The molecule has 0 unspecified atom stereocenters. The van der Waals surface area contributed by atoms with Crippen LogP contribution in [0.15, 0.2) is 84.0 Å². The number of nitrogens with one attached hydrogen (secondary N) is 1. The van der Waals surface area contributed by atoms with Gasteiger partial charge in [0.25, 0.3) is 0 Å². The first-order chi connectivity index (χ1) is 17.7. The molecular formula is C26H21N7O2S. The van der Waals surface area contributed by atoms with Gasteiger partial charge in [0.2, 0.25) is 0 Å². The molecule has 2 aromatic carbocycles. The number of fused-ring (bicyclic) bond motifs is 1. The van der Waals surface area contributed by atoms with E-state index in [0.29, 0.717) is 23.4 Å². The van der Waals surface area contributed by atoms with Crippen LogP contribution in [0.5, 0.6) is 5.75 Å². The molecule has 36 heavy (non-hydrogen) atoms. The highest BCUT2D eigenvalue weighted by Crippen LogP contribution is 2.30. The molecule has 0 bridgehead atoms. The van der Waals surface area contributed by atoms with Gasteiger partial charge in [-0.05, 0) is 55.5 Å². The second kappa shape index (κ2) is 10.3. The molecule has 2 N–H and O–H groups in total. The summed E-state index contributed by atoms with van der Waals surface area (Å²) in [6.07, 6.45) is 3.41. The number of aromatic nitrogens is 6. The van der Waals surface area contributed by atoms with Crippen molar-refractivity contribution in [2.24, 2.45) is 0 Å². The molecule has 0 radical (unpaired) electrons. The maximum Gasteiger partial charge on any atom is 0.196 e. The van der Waals surface area contributed by atoms with Gasteiger partial charge in [-0.1, -0.05) is 23.9 Å². The number of pyridine rings is 1. The number of thioether (sulfide) groups is 1. The Kier molecular flexibility index (Phi) is 6.64. The Morgan fingerprint density at radius 3 is 2.67 bits per heavy atom. The number of nitrogens with zero attached hydrogens (tertiary/aromatic N) is 6. The average molecular weight is 496 g/mol. The first-order valence-corrected chi connectivity index (χ1v) is 12.2. The lowest BCUT2D eigenvalue weighted by molar-refractivity contribution is 0.340. The van der Waals surface area contributed by atoms with E-state index in [4.69, 9.17) is 4.74 Å². The Labute approximate surface area is 211 Å². The molecule has 0 aliphatic rings. The topological polar surface area (TPSA) is 126 Å². The van der Waals surface area contributed by atoms with Gasteiger partial charge in [0, 0.05) is 23.6 Å². The van der Waals surface area contributed by atoms with Crippen molar-refractivity contribution in [2.75, 3.05) is 12.4 Å². The number of aliphatic hydroxyl groups excluding tert-OH is 1. The summed E-state index contributed by atoms with van der Waals surface area (Å²) in [5.41, 5.74) is 3.21. The van der Waals surface area contributed by atoms with Gasteiger partial charge in [0.15, 0.2) is 16.8 Å². The van der Waals surface area contributed by atoms with Crippen LogP contribution in [0, 0.1) is 11.3 Å². The molecule has 9 nitrogen and oxygen atoms in total. The first-order valence-electron chi connectivity index (χ1n) is 11.2. The summed E-state index contributed by atoms with van der Waals surface area (Å²) in [5, 5.41) is 29.9. The highest BCUT2D eigenvalue weighted by molar-refractivity contribution is 7.99. The van der Waals surface area contributed by atoms with Crippen LogP contribution in [0.1, 0.15) is 12.7 Å². The summed E-state index contributed by atoms with van der Waals surface area (Å²) in [7, 11) is 0. The molecule has 178 valence electrons. The number of nitriles is 1. The minimum absolute atomic E-state index is 0.0818. The molecule has 10 heteroatoms. The summed E-state index contributed by atoms with van der Waals surface area (Å²) >= 11 is 1.26. The lowest BCUT2D eigenvalue weighted by atomic mass is 10.2. The Morgan fingerprint density at radius 2 is 1.94 bits per heavy atom. The Balaban J connectivity index is 1.48.